The highest BCUT2D eigenvalue weighted by Crippen LogP contribution is 2.28. The number of hydrogen-bond donors (Lipinski definition) is 1. The van der Waals surface area contributed by atoms with Gasteiger partial charge in [-0.2, -0.15) is 0 Å². The van der Waals surface area contributed by atoms with Crippen molar-refractivity contribution in [2.24, 2.45) is 0 Å². The molecule has 0 radical (unpaired) electrons. The second-order valence-corrected chi connectivity index (χ2v) is 7.36. The highest BCUT2D eigenvalue weighted by molar-refractivity contribution is 6.04. The van der Waals surface area contributed by atoms with Gasteiger partial charge in [0, 0.05) is 11.1 Å². The number of nitrogens with one attached hydrogen (secondary N) is 1. The average Bonchev–Trinajstić information content (AvgIpc) is 3.16. The van der Waals surface area contributed by atoms with E-state index in [1.54, 1.807) is 0 Å². The third kappa shape index (κ3) is 2.81. The summed E-state index contributed by atoms with van der Waals surface area (Å²) in [6, 6.07) is 13.6. The van der Waals surface area contributed by atoms with Gasteiger partial charge in [0.2, 0.25) is 5.95 Å². The maximum Gasteiger partial charge on any atom is 0.257 e. The van der Waals surface area contributed by atoms with Gasteiger partial charge in [0.15, 0.2) is 0 Å². The predicted molar refractivity (Wildman–Crippen MR) is 97.6 cm³/mol. The van der Waals surface area contributed by atoms with Crippen molar-refractivity contribution in [3.63, 3.8) is 0 Å². The molecule has 0 bridgehead atoms. The molecule has 5 nitrogen and oxygen atoms in total. The molecule has 1 N–H and O–H groups in total. The number of fused-ring (bicyclic) bond motifs is 2. The molecule has 0 spiro atoms. The number of nitrogens with zero attached hydrogens (tertiary/aromatic N) is 2. The van der Waals surface area contributed by atoms with Gasteiger partial charge in [-0.1, -0.05) is 18.2 Å². The van der Waals surface area contributed by atoms with E-state index in [4.69, 9.17) is 4.74 Å². The summed E-state index contributed by atoms with van der Waals surface area (Å²) in [6.45, 7) is 7.49. The van der Waals surface area contributed by atoms with Crippen molar-refractivity contribution >= 4 is 22.9 Å². The molecule has 3 aromatic rings. The summed E-state index contributed by atoms with van der Waals surface area (Å²) >= 11 is 0. The van der Waals surface area contributed by atoms with Crippen LogP contribution in [0, 0.1) is 0 Å². The van der Waals surface area contributed by atoms with Gasteiger partial charge in [0.05, 0.1) is 24.2 Å². The van der Waals surface area contributed by atoms with Gasteiger partial charge in [-0.05, 0) is 56.2 Å². The van der Waals surface area contributed by atoms with Crippen molar-refractivity contribution in [2.75, 3.05) is 5.32 Å². The second-order valence-electron chi connectivity index (χ2n) is 7.36. The van der Waals surface area contributed by atoms with Gasteiger partial charge in [-0.15, -0.1) is 0 Å². The molecule has 1 amide bonds. The molecule has 0 saturated heterocycles. The first-order valence-corrected chi connectivity index (χ1v) is 8.42. The average molecular weight is 335 g/mol. The maximum absolute atomic E-state index is 12.8. The Kier molecular flexibility index (Phi) is 3.62. The summed E-state index contributed by atoms with van der Waals surface area (Å²) in [4.78, 5) is 17.4. The number of hydrogen-bond acceptors (Lipinski definition) is 3. The lowest BCUT2D eigenvalue weighted by molar-refractivity contribution is 0.102. The Hall–Kier alpha value is -2.66. The van der Waals surface area contributed by atoms with Crippen molar-refractivity contribution in [1.29, 1.82) is 0 Å². The van der Waals surface area contributed by atoms with Gasteiger partial charge < -0.3 is 9.30 Å². The number of ether oxygens (including phenoxy) is 1. The summed E-state index contributed by atoms with van der Waals surface area (Å²) in [7, 11) is 0. The minimum atomic E-state index is -0.204. The molecule has 1 aliphatic heterocycles. The molecule has 128 valence electrons. The van der Waals surface area contributed by atoms with Crippen molar-refractivity contribution in [3.05, 3.63) is 59.2 Å². The number of amides is 1. The molecule has 1 aliphatic rings. The number of benzene rings is 2. The molecule has 0 saturated carbocycles. The zero-order valence-electron chi connectivity index (χ0n) is 14.7. The van der Waals surface area contributed by atoms with Crippen LogP contribution in [0.25, 0.3) is 11.0 Å². The van der Waals surface area contributed by atoms with E-state index >= 15 is 0 Å². The molecule has 25 heavy (non-hydrogen) atoms. The Morgan fingerprint density at radius 2 is 1.88 bits per heavy atom. The van der Waals surface area contributed by atoms with Crippen LogP contribution in [0.3, 0.4) is 0 Å². The molecule has 0 atom stereocenters. The fraction of sp³-hybridized carbons (Fsp3) is 0.300. The third-order valence-corrected chi connectivity index (χ3v) is 4.44. The highest BCUT2D eigenvalue weighted by Gasteiger charge is 2.23. The van der Waals surface area contributed by atoms with Crippen LogP contribution >= 0.6 is 0 Å². The van der Waals surface area contributed by atoms with E-state index in [2.05, 4.69) is 35.6 Å². The van der Waals surface area contributed by atoms with Crippen LogP contribution in [0.5, 0.6) is 0 Å². The fourth-order valence-corrected chi connectivity index (χ4v) is 3.28. The third-order valence-electron chi connectivity index (χ3n) is 4.44. The molecule has 5 heteroatoms. The lowest BCUT2D eigenvalue weighted by atomic mass is 10.1. The van der Waals surface area contributed by atoms with Gasteiger partial charge in [-0.3, -0.25) is 10.1 Å². The van der Waals surface area contributed by atoms with Gasteiger partial charge >= 0.3 is 0 Å². The predicted octanol–water partition coefficient (Wildman–Crippen LogP) is 4.07. The first-order valence-electron chi connectivity index (χ1n) is 8.42. The number of anilines is 1. The molecular formula is C20H21N3O2. The smallest absolute Gasteiger partial charge is 0.257 e. The summed E-state index contributed by atoms with van der Waals surface area (Å²) in [5.41, 5.74) is 4.53. The Bertz CT molecular complexity index is 967. The Labute approximate surface area is 146 Å². The van der Waals surface area contributed by atoms with E-state index in [0.29, 0.717) is 24.7 Å². The first kappa shape index (κ1) is 15.8. The van der Waals surface area contributed by atoms with Crippen LogP contribution in [0.4, 0.5) is 5.95 Å². The van der Waals surface area contributed by atoms with E-state index in [1.165, 1.54) is 0 Å². The van der Waals surface area contributed by atoms with E-state index in [9.17, 15) is 4.79 Å². The van der Waals surface area contributed by atoms with Crippen molar-refractivity contribution < 1.29 is 9.53 Å². The van der Waals surface area contributed by atoms with E-state index in [-0.39, 0.29) is 11.4 Å². The maximum atomic E-state index is 12.8. The van der Waals surface area contributed by atoms with Crippen molar-refractivity contribution in [1.82, 2.24) is 9.55 Å². The summed E-state index contributed by atoms with van der Waals surface area (Å²) in [6.07, 6.45) is 0. The standard InChI is InChI=1S/C20H21N3O2/c1-20(2,3)23-17-7-5-4-6-16(17)21-19(23)22-18(24)13-8-9-14-11-25-12-15(14)10-13/h4-10H,11-12H2,1-3H3,(H,21,22,24). The molecule has 4 rings (SSSR count). The lowest BCUT2D eigenvalue weighted by Crippen LogP contribution is -2.26. The molecule has 0 fully saturated rings. The Morgan fingerprint density at radius 1 is 1.12 bits per heavy atom. The monoisotopic (exact) mass is 335 g/mol. The van der Waals surface area contributed by atoms with Crippen molar-refractivity contribution in [2.45, 2.75) is 39.5 Å². The van der Waals surface area contributed by atoms with Crippen molar-refractivity contribution in [3.8, 4) is 0 Å². The molecule has 0 aliphatic carbocycles. The van der Waals surface area contributed by atoms with Crippen LogP contribution < -0.4 is 5.32 Å². The van der Waals surface area contributed by atoms with Crippen LogP contribution in [-0.2, 0) is 23.5 Å². The summed E-state index contributed by atoms with van der Waals surface area (Å²) < 4.78 is 7.49. The second kappa shape index (κ2) is 5.70. The number of para-hydroxylation sites is 2. The first-order chi connectivity index (χ1) is 11.9. The van der Waals surface area contributed by atoms with Crippen LogP contribution in [-0.4, -0.2) is 15.5 Å². The molecular weight excluding hydrogens is 314 g/mol. The zero-order valence-corrected chi connectivity index (χ0v) is 14.7. The number of aromatic nitrogens is 2. The van der Waals surface area contributed by atoms with Gasteiger partial charge in [0.1, 0.15) is 0 Å². The van der Waals surface area contributed by atoms with Crippen LogP contribution in [0.2, 0.25) is 0 Å². The molecule has 0 unspecified atom stereocenters. The topological polar surface area (TPSA) is 56.2 Å². The Morgan fingerprint density at radius 3 is 2.68 bits per heavy atom. The summed E-state index contributed by atoms with van der Waals surface area (Å²) in [5, 5.41) is 2.99. The number of carbonyl (C=O) groups is 1. The quantitative estimate of drug-likeness (QED) is 0.768. The minimum Gasteiger partial charge on any atom is -0.372 e. The van der Waals surface area contributed by atoms with Crippen LogP contribution in [0.1, 0.15) is 42.3 Å². The van der Waals surface area contributed by atoms with Gasteiger partial charge in [-0.25, -0.2) is 4.98 Å². The number of carbonyl (C=O) groups excluding carboxylic acids is 1. The van der Waals surface area contributed by atoms with Gasteiger partial charge in [0.25, 0.3) is 5.91 Å². The van der Waals surface area contributed by atoms with Crippen LogP contribution in [0.15, 0.2) is 42.5 Å². The minimum absolute atomic E-state index is 0.157. The number of rotatable bonds is 2. The molecule has 1 aromatic heterocycles. The number of imidazole rings is 1. The fourth-order valence-electron chi connectivity index (χ4n) is 3.28. The van der Waals surface area contributed by atoms with E-state index in [0.717, 1.165) is 22.2 Å². The normalized spacial score (nSPS) is 13.9. The molecule has 2 aromatic carbocycles. The van der Waals surface area contributed by atoms with E-state index < -0.39 is 0 Å². The summed E-state index contributed by atoms with van der Waals surface area (Å²) in [5.74, 6) is 0.408. The largest absolute Gasteiger partial charge is 0.372 e. The molecule has 2 heterocycles. The lowest BCUT2D eigenvalue weighted by Gasteiger charge is -2.24. The highest BCUT2D eigenvalue weighted by atomic mass is 16.5. The SMILES string of the molecule is CC(C)(C)n1c(NC(=O)c2ccc3c(c2)COC3)nc2ccccc21. The zero-order chi connectivity index (χ0) is 17.6. The Balaban J connectivity index is 1.72. The van der Waals surface area contributed by atoms with E-state index in [1.807, 2.05) is 42.5 Å².